The first-order valence-corrected chi connectivity index (χ1v) is 6.33. The van der Waals surface area contributed by atoms with Crippen LogP contribution in [0.1, 0.15) is 10.4 Å². The highest BCUT2D eigenvalue weighted by molar-refractivity contribution is 7.15. The van der Waals surface area contributed by atoms with Crippen molar-refractivity contribution in [2.75, 3.05) is 6.61 Å². The Labute approximate surface area is 105 Å². The molecular formula is C14H14O2S. The Morgan fingerprint density at radius 2 is 2.06 bits per heavy atom. The predicted molar refractivity (Wildman–Crippen MR) is 70.2 cm³/mol. The molecule has 2 nitrogen and oxygen atoms in total. The van der Waals surface area contributed by atoms with Crippen molar-refractivity contribution < 1.29 is 9.53 Å². The predicted octanol–water partition coefficient (Wildman–Crippen LogP) is 3.44. The summed E-state index contributed by atoms with van der Waals surface area (Å²) in [5.41, 5.74) is 2.53. The number of carbonyl (C=O) groups excluding carboxylic acids is 1. The Hall–Kier alpha value is -1.61. The van der Waals surface area contributed by atoms with Gasteiger partial charge in [-0.1, -0.05) is 30.3 Å². The lowest BCUT2D eigenvalue weighted by Crippen LogP contribution is -1.93. The van der Waals surface area contributed by atoms with Gasteiger partial charge in [0.05, 0.1) is 6.61 Å². The van der Waals surface area contributed by atoms with Gasteiger partial charge in [-0.25, -0.2) is 0 Å². The smallest absolute Gasteiger partial charge is 0.293 e. The Bertz CT molecular complexity index is 488. The van der Waals surface area contributed by atoms with Crippen LogP contribution in [-0.4, -0.2) is 13.1 Å². The van der Waals surface area contributed by atoms with Gasteiger partial charge in [0.15, 0.2) is 0 Å². The molecule has 3 heteroatoms. The Kier molecular flexibility index (Phi) is 3.94. The molecule has 0 saturated carbocycles. The largest absolute Gasteiger partial charge is 0.468 e. The van der Waals surface area contributed by atoms with Crippen LogP contribution in [0, 0.1) is 6.92 Å². The zero-order chi connectivity index (χ0) is 12.1. The summed E-state index contributed by atoms with van der Waals surface area (Å²) in [7, 11) is 0. The van der Waals surface area contributed by atoms with Gasteiger partial charge in [0, 0.05) is 16.2 Å². The molecule has 0 radical (unpaired) electrons. The standard InChI is InChI=1S/C14H14O2S/c1-11-9-13(7-8-16-10-15)17-14(11)12-5-3-2-4-6-12/h2-6,9-10H,7-8H2,1H3. The van der Waals surface area contributed by atoms with Crippen molar-refractivity contribution in [2.45, 2.75) is 13.3 Å². The van der Waals surface area contributed by atoms with E-state index >= 15 is 0 Å². The maximum atomic E-state index is 10.1. The van der Waals surface area contributed by atoms with Crippen molar-refractivity contribution in [2.24, 2.45) is 0 Å². The normalized spacial score (nSPS) is 10.2. The average Bonchev–Trinajstić information content (AvgIpc) is 2.72. The highest BCUT2D eigenvalue weighted by Gasteiger charge is 2.07. The van der Waals surface area contributed by atoms with Gasteiger partial charge in [0.2, 0.25) is 0 Å². The van der Waals surface area contributed by atoms with E-state index in [-0.39, 0.29) is 0 Å². The summed E-state index contributed by atoms with van der Waals surface area (Å²) >= 11 is 1.77. The van der Waals surface area contributed by atoms with Gasteiger partial charge in [-0.2, -0.15) is 0 Å². The molecule has 0 saturated heterocycles. The molecule has 1 heterocycles. The number of benzene rings is 1. The van der Waals surface area contributed by atoms with Crippen LogP contribution in [0.4, 0.5) is 0 Å². The fourth-order valence-electron chi connectivity index (χ4n) is 1.76. The summed E-state index contributed by atoms with van der Waals surface area (Å²) in [6.45, 7) is 3.07. The SMILES string of the molecule is Cc1cc(CCOC=O)sc1-c1ccccc1. The second-order valence-electron chi connectivity index (χ2n) is 3.81. The van der Waals surface area contributed by atoms with Gasteiger partial charge in [-0.3, -0.25) is 4.79 Å². The molecule has 1 aromatic carbocycles. The third-order valence-electron chi connectivity index (χ3n) is 2.54. The topological polar surface area (TPSA) is 26.3 Å². The van der Waals surface area contributed by atoms with Crippen molar-refractivity contribution in [3.05, 3.63) is 46.8 Å². The van der Waals surface area contributed by atoms with Crippen molar-refractivity contribution in [3.63, 3.8) is 0 Å². The lowest BCUT2D eigenvalue weighted by atomic mass is 10.1. The van der Waals surface area contributed by atoms with Crippen LogP contribution < -0.4 is 0 Å². The zero-order valence-corrected chi connectivity index (χ0v) is 10.5. The summed E-state index contributed by atoms with van der Waals surface area (Å²) < 4.78 is 4.72. The third-order valence-corrected chi connectivity index (χ3v) is 3.89. The van der Waals surface area contributed by atoms with Gasteiger partial charge < -0.3 is 4.74 Å². The van der Waals surface area contributed by atoms with E-state index in [0.717, 1.165) is 6.42 Å². The van der Waals surface area contributed by atoms with Gasteiger partial charge in [-0.15, -0.1) is 11.3 Å². The fraction of sp³-hybridized carbons (Fsp3) is 0.214. The first-order valence-electron chi connectivity index (χ1n) is 5.51. The zero-order valence-electron chi connectivity index (χ0n) is 9.68. The van der Waals surface area contributed by atoms with E-state index in [0.29, 0.717) is 13.1 Å². The minimum absolute atomic E-state index is 0.456. The highest BCUT2D eigenvalue weighted by Crippen LogP contribution is 2.32. The molecule has 0 N–H and O–H groups in total. The molecule has 1 aromatic heterocycles. The van der Waals surface area contributed by atoms with E-state index in [1.54, 1.807) is 11.3 Å². The molecule has 17 heavy (non-hydrogen) atoms. The van der Waals surface area contributed by atoms with Gasteiger partial charge in [0.25, 0.3) is 6.47 Å². The summed E-state index contributed by atoms with van der Waals surface area (Å²) in [6, 6.07) is 12.5. The third kappa shape index (κ3) is 2.94. The lowest BCUT2D eigenvalue weighted by molar-refractivity contribution is -0.128. The molecule has 2 rings (SSSR count). The molecule has 0 amide bonds. The number of hydrogen-bond donors (Lipinski definition) is 0. The van der Waals surface area contributed by atoms with Crippen LogP contribution in [0.15, 0.2) is 36.4 Å². The van der Waals surface area contributed by atoms with E-state index in [4.69, 9.17) is 4.74 Å². The summed E-state index contributed by atoms with van der Waals surface area (Å²) in [5, 5.41) is 0. The molecule has 0 fully saturated rings. The van der Waals surface area contributed by atoms with Crippen LogP contribution >= 0.6 is 11.3 Å². The van der Waals surface area contributed by atoms with Gasteiger partial charge in [-0.05, 0) is 24.1 Å². The average molecular weight is 246 g/mol. The molecule has 2 aromatic rings. The van der Waals surface area contributed by atoms with Gasteiger partial charge >= 0.3 is 0 Å². The summed E-state index contributed by atoms with van der Waals surface area (Å²) in [4.78, 5) is 12.6. The van der Waals surface area contributed by atoms with Crippen LogP contribution in [0.3, 0.4) is 0 Å². The van der Waals surface area contributed by atoms with E-state index < -0.39 is 0 Å². The second-order valence-corrected chi connectivity index (χ2v) is 4.94. The maximum absolute atomic E-state index is 10.1. The van der Waals surface area contributed by atoms with Crippen LogP contribution in [0.5, 0.6) is 0 Å². The molecular weight excluding hydrogens is 232 g/mol. The number of hydrogen-bond acceptors (Lipinski definition) is 3. The first-order chi connectivity index (χ1) is 8.31. The first kappa shape index (κ1) is 11.9. The number of ether oxygens (including phenoxy) is 1. The number of aryl methyl sites for hydroxylation is 1. The Morgan fingerprint density at radius 1 is 1.29 bits per heavy atom. The summed E-state index contributed by atoms with van der Waals surface area (Å²) in [5.74, 6) is 0. The van der Waals surface area contributed by atoms with E-state index in [2.05, 4.69) is 25.1 Å². The molecule has 0 unspecified atom stereocenters. The van der Waals surface area contributed by atoms with Crippen LogP contribution in [0.25, 0.3) is 10.4 Å². The Morgan fingerprint density at radius 3 is 2.76 bits per heavy atom. The van der Waals surface area contributed by atoms with E-state index in [9.17, 15) is 4.79 Å². The molecule has 0 spiro atoms. The molecule has 0 atom stereocenters. The van der Waals surface area contributed by atoms with Gasteiger partial charge in [0.1, 0.15) is 0 Å². The summed E-state index contributed by atoms with van der Waals surface area (Å²) in [6.07, 6.45) is 0.789. The molecule has 0 aliphatic heterocycles. The number of carbonyl (C=O) groups is 1. The van der Waals surface area contributed by atoms with Crippen molar-refractivity contribution in [1.82, 2.24) is 0 Å². The molecule has 0 aliphatic carbocycles. The number of rotatable bonds is 5. The Balaban J connectivity index is 2.16. The fourth-order valence-corrected chi connectivity index (χ4v) is 2.91. The molecule has 0 aliphatic rings. The monoisotopic (exact) mass is 246 g/mol. The maximum Gasteiger partial charge on any atom is 0.293 e. The van der Waals surface area contributed by atoms with E-state index in [1.807, 2.05) is 18.2 Å². The minimum atomic E-state index is 0.456. The molecule has 0 bridgehead atoms. The van der Waals surface area contributed by atoms with Crippen molar-refractivity contribution in [3.8, 4) is 10.4 Å². The second kappa shape index (κ2) is 5.64. The number of thiophene rings is 1. The van der Waals surface area contributed by atoms with E-state index in [1.165, 1.54) is 20.9 Å². The highest BCUT2D eigenvalue weighted by atomic mass is 32.1. The lowest BCUT2D eigenvalue weighted by Gasteiger charge is -1.98. The quantitative estimate of drug-likeness (QED) is 0.596. The van der Waals surface area contributed by atoms with Crippen LogP contribution in [-0.2, 0) is 16.0 Å². The minimum Gasteiger partial charge on any atom is -0.468 e. The molecule has 88 valence electrons. The van der Waals surface area contributed by atoms with Crippen LogP contribution in [0.2, 0.25) is 0 Å². The van der Waals surface area contributed by atoms with Crippen molar-refractivity contribution >= 4 is 17.8 Å². The van der Waals surface area contributed by atoms with Crippen molar-refractivity contribution in [1.29, 1.82) is 0 Å².